The number of sulfonamides is 1. The molecular formula is C27H37N3O6S. The van der Waals surface area contributed by atoms with Crippen molar-refractivity contribution in [3.05, 3.63) is 53.6 Å². The van der Waals surface area contributed by atoms with Crippen LogP contribution in [0.25, 0.3) is 0 Å². The number of hydrogen-bond donors (Lipinski definition) is 1. The van der Waals surface area contributed by atoms with Crippen LogP contribution in [0.2, 0.25) is 0 Å². The van der Waals surface area contributed by atoms with E-state index in [2.05, 4.69) is 5.32 Å². The van der Waals surface area contributed by atoms with Gasteiger partial charge in [0.05, 0.1) is 11.4 Å². The molecule has 0 spiro atoms. The van der Waals surface area contributed by atoms with Crippen molar-refractivity contribution in [2.24, 2.45) is 5.92 Å². The number of ether oxygens (including phenoxy) is 2. The number of amides is 2. The number of carbonyl (C=O) groups is 2. The lowest BCUT2D eigenvalue weighted by Crippen LogP contribution is -2.52. The van der Waals surface area contributed by atoms with E-state index in [0.717, 1.165) is 15.4 Å². The second kappa shape index (κ2) is 12.3. The zero-order valence-electron chi connectivity index (χ0n) is 22.2. The summed E-state index contributed by atoms with van der Waals surface area (Å²) in [6, 6.07) is 11.7. The Morgan fingerprint density at radius 2 is 1.76 bits per heavy atom. The maximum atomic E-state index is 13.9. The number of nitrogens with zero attached hydrogens (tertiary/aromatic N) is 2. The van der Waals surface area contributed by atoms with Crippen LogP contribution in [0.4, 0.5) is 5.69 Å². The lowest BCUT2D eigenvalue weighted by molar-refractivity contribution is -0.140. The number of aryl methyl sites for hydroxylation is 1. The van der Waals surface area contributed by atoms with E-state index in [1.807, 2.05) is 52.0 Å². The fraction of sp³-hybridized carbons (Fsp3) is 0.481. The summed E-state index contributed by atoms with van der Waals surface area (Å²) in [7, 11) is -3.83. The molecule has 0 aliphatic carbocycles. The SMILES string of the molecule is CCC(C(=O)NCC(C)C)N(Cc1ccccc1C)C(=O)CN(c1ccc2c(c1)OCO2)S(=O)(=O)CC. The first kappa shape index (κ1) is 28.3. The third kappa shape index (κ3) is 6.94. The molecule has 1 aliphatic rings. The number of anilines is 1. The van der Waals surface area contributed by atoms with Crippen molar-refractivity contribution in [3.8, 4) is 11.5 Å². The Morgan fingerprint density at radius 3 is 2.41 bits per heavy atom. The number of benzene rings is 2. The summed E-state index contributed by atoms with van der Waals surface area (Å²) in [5.74, 6) is 0.253. The molecule has 9 nitrogen and oxygen atoms in total. The van der Waals surface area contributed by atoms with E-state index >= 15 is 0 Å². The number of hydrogen-bond acceptors (Lipinski definition) is 6. The highest BCUT2D eigenvalue weighted by Gasteiger charge is 2.33. The summed E-state index contributed by atoms with van der Waals surface area (Å²) < 4.78 is 38.1. The van der Waals surface area contributed by atoms with Crippen LogP contribution in [0, 0.1) is 12.8 Å². The Morgan fingerprint density at radius 1 is 1.05 bits per heavy atom. The molecule has 0 aromatic heterocycles. The van der Waals surface area contributed by atoms with Gasteiger partial charge in [-0.3, -0.25) is 13.9 Å². The van der Waals surface area contributed by atoms with Gasteiger partial charge in [-0.15, -0.1) is 0 Å². The third-order valence-electron chi connectivity index (χ3n) is 6.30. The summed E-state index contributed by atoms with van der Waals surface area (Å²) in [5, 5.41) is 2.93. The molecule has 1 heterocycles. The van der Waals surface area contributed by atoms with Gasteiger partial charge in [-0.05, 0) is 49.4 Å². The Balaban J connectivity index is 1.97. The molecule has 2 aromatic rings. The fourth-order valence-corrected chi connectivity index (χ4v) is 5.13. The first-order valence-corrected chi connectivity index (χ1v) is 14.2. The summed E-state index contributed by atoms with van der Waals surface area (Å²) in [6.07, 6.45) is 0.381. The zero-order valence-corrected chi connectivity index (χ0v) is 23.0. The standard InChI is InChI=1S/C27H37N3O6S/c1-6-23(27(32)28-15-19(3)4)29(16-21-11-9-8-10-20(21)5)26(31)17-30(37(33,34)7-2)22-12-13-24-25(14-22)36-18-35-24/h8-14,19,23H,6-7,15-18H2,1-5H3,(H,28,32). The van der Waals surface area contributed by atoms with E-state index in [-0.39, 0.29) is 30.9 Å². The molecule has 0 bridgehead atoms. The Labute approximate surface area is 219 Å². The van der Waals surface area contributed by atoms with E-state index < -0.39 is 28.5 Å². The normalized spacial score (nSPS) is 13.4. The van der Waals surface area contributed by atoms with Gasteiger partial charge in [0, 0.05) is 19.2 Å². The number of rotatable bonds is 12. The molecule has 202 valence electrons. The molecule has 3 rings (SSSR count). The molecule has 2 aromatic carbocycles. The first-order valence-electron chi connectivity index (χ1n) is 12.6. The predicted octanol–water partition coefficient (Wildman–Crippen LogP) is 3.46. The number of nitrogens with one attached hydrogen (secondary N) is 1. The highest BCUT2D eigenvalue weighted by molar-refractivity contribution is 7.92. The number of fused-ring (bicyclic) bond motifs is 1. The molecule has 0 saturated heterocycles. The van der Waals surface area contributed by atoms with E-state index in [1.165, 1.54) is 11.8 Å². The Hall–Kier alpha value is -3.27. The first-order chi connectivity index (χ1) is 17.6. The zero-order chi connectivity index (χ0) is 27.2. The van der Waals surface area contributed by atoms with Gasteiger partial charge in [0.1, 0.15) is 12.6 Å². The molecule has 0 saturated carbocycles. The molecular weight excluding hydrogens is 494 g/mol. The average Bonchev–Trinajstić information content (AvgIpc) is 3.34. The quantitative estimate of drug-likeness (QED) is 0.450. The maximum absolute atomic E-state index is 13.9. The topological polar surface area (TPSA) is 105 Å². The van der Waals surface area contributed by atoms with Crippen molar-refractivity contribution in [2.75, 3.05) is 29.9 Å². The molecule has 1 unspecified atom stereocenters. The minimum absolute atomic E-state index is 0.0477. The lowest BCUT2D eigenvalue weighted by Gasteiger charge is -2.33. The van der Waals surface area contributed by atoms with Gasteiger partial charge in [-0.1, -0.05) is 45.0 Å². The van der Waals surface area contributed by atoms with Crippen molar-refractivity contribution < 1.29 is 27.5 Å². The van der Waals surface area contributed by atoms with Crippen LogP contribution in [0.5, 0.6) is 11.5 Å². The van der Waals surface area contributed by atoms with Crippen molar-refractivity contribution in [1.82, 2.24) is 10.2 Å². The van der Waals surface area contributed by atoms with Gasteiger partial charge in [0.2, 0.25) is 28.6 Å². The molecule has 37 heavy (non-hydrogen) atoms. The summed E-state index contributed by atoms with van der Waals surface area (Å²) in [4.78, 5) is 28.5. The predicted molar refractivity (Wildman–Crippen MR) is 143 cm³/mol. The third-order valence-corrected chi connectivity index (χ3v) is 8.04. The van der Waals surface area contributed by atoms with Crippen LogP contribution in [-0.4, -0.2) is 56.8 Å². The van der Waals surface area contributed by atoms with Gasteiger partial charge in [0.15, 0.2) is 11.5 Å². The minimum atomic E-state index is -3.83. The van der Waals surface area contributed by atoms with Crippen LogP contribution in [-0.2, 0) is 26.2 Å². The largest absolute Gasteiger partial charge is 0.454 e. The van der Waals surface area contributed by atoms with Gasteiger partial charge in [-0.25, -0.2) is 8.42 Å². The van der Waals surface area contributed by atoms with Gasteiger partial charge in [0.25, 0.3) is 0 Å². The highest BCUT2D eigenvalue weighted by atomic mass is 32.2. The Bertz CT molecular complexity index is 1210. The second-order valence-corrected chi connectivity index (χ2v) is 11.6. The minimum Gasteiger partial charge on any atom is -0.454 e. The van der Waals surface area contributed by atoms with Gasteiger partial charge >= 0.3 is 0 Å². The van der Waals surface area contributed by atoms with E-state index in [0.29, 0.717) is 30.2 Å². The Kier molecular flexibility index (Phi) is 9.42. The van der Waals surface area contributed by atoms with Crippen LogP contribution in [0.1, 0.15) is 45.2 Å². The van der Waals surface area contributed by atoms with Crippen LogP contribution >= 0.6 is 0 Å². The average molecular weight is 532 g/mol. The smallest absolute Gasteiger partial charge is 0.244 e. The number of carbonyl (C=O) groups excluding carboxylic acids is 2. The van der Waals surface area contributed by atoms with Crippen molar-refractivity contribution in [3.63, 3.8) is 0 Å². The summed E-state index contributed by atoms with van der Waals surface area (Å²) >= 11 is 0. The van der Waals surface area contributed by atoms with Crippen molar-refractivity contribution >= 4 is 27.5 Å². The monoisotopic (exact) mass is 531 g/mol. The van der Waals surface area contributed by atoms with Crippen LogP contribution in [0.3, 0.4) is 0 Å². The molecule has 0 radical (unpaired) electrons. The van der Waals surface area contributed by atoms with Crippen LogP contribution < -0.4 is 19.1 Å². The summed E-state index contributed by atoms with van der Waals surface area (Å²) in [6.45, 7) is 9.57. The fourth-order valence-electron chi connectivity index (χ4n) is 4.07. The molecule has 0 fully saturated rings. The highest BCUT2D eigenvalue weighted by Crippen LogP contribution is 2.36. The van der Waals surface area contributed by atoms with Gasteiger partial charge in [-0.2, -0.15) is 0 Å². The van der Waals surface area contributed by atoms with Crippen LogP contribution in [0.15, 0.2) is 42.5 Å². The second-order valence-electron chi connectivity index (χ2n) is 9.46. The van der Waals surface area contributed by atoms with E-state index in [4.69, 9.17) is 9.47 Å². The lowest BCUT2D eigenvalue weighted by atomic mass is 10.1. The maximum Gasteiger partial charge on any atom is 0.244 e. The molecule has 1 aliphatic heterocycles. The van der Waals surface area contributed by atoms with E-state index in [1.54, 1.807) is 18.2 Å². The van der Waals surface area contributed by atoms with Crippen molar-refractivity contribution in [1.29, 1.82) is 0 Å². The van der Waals surface area contributed by atoms with Crippen molar-refractivity contribution in [2.45, 2.75) is 53.6 Å². The summed E-state index contributed by atoms with van der Waals surface area (Å²) in [5.41, 5.74) is 2.16. The molecule has 1 atom stereocenters. The molecule has 10 heteroatoms. The molecule has 2 amide bonds. The van der Waals surface area contributed by atoms with Gasteiger partial charge < -0.3 is 19.7 Å². The molecule has 1 N–H and O–H groups in total. The van der Waals surface area contributed by atoms with E-state index in [9.17, 15) is 18.0 Å².